The van der Waals surface area contributed by atoms with Crippen LogP contribution in [-0.4, -0.2) is 93.9 Å². The monoisotopic (exact) mass is 814 g/mol. The van der Waals surface area contributed by atoms with Crippen molar-refractivity contribution >= 4 is 40.2 Å². The quantitative estimate of drug-likeness (QED) is 0.234. The molecule has 0 radical (unpaired) electrons. The Hall–Kier alpha value is -4.58. The molecule has 306 valence electrons. The number of piperidine rings is 3. The zero-order valence-electron chi connectivity index (χ0n) is 33.9. The highest BCUT2D eigenvalue weighted by atomic mass is 35.5. The van der Waals surface area contributed by atoms with Crippen LogP contribution in [0.4, 0.5) is 0 Å². The highest BCUT2D eigenvalue weighted by Gasteiger charge is 2.48. The predicted molar refractivity (Wildman–Crippen MR) is 224 cm³/mol. The third kappa shape index (κ3) is 5.92. The van der Waals surface area contributed by atoms with Gasteiger partial charge in [0.15, 0.2) is 0 Å². The number of hydrogen-bond donors (Lipinski definition) is 1. The zero-order chi connectivity index (χ0) is 40.4. The van der Waals surface area contributed by atoms with Crippen molar-refractivity contribution < 1.29 is 19.1 Å². The van der Waals surface area contributed by atoms with Crippen LogP contribution < -0.4 is 15.6 Å². The topological polar surface area (TPSA) is 117 Å². The van der Waals surface area contributed by atoms with Gasteiger partial charge in [0.05, 0.1) is 40.2 Å². The SMILES string of the molecule is CC1(C)c2ccc(C3CCN(CC4CC(CN5CCC6(CC5)COc5c6ccc6c5CN([C@H]5CCC(=O)NC5=O)C6=O)C4)CC3)cc2-n2c1nc(=O)c1c(Cl)cccc12. The Bertz CT molecular complexity index is 2510. The van der Waals surface area contributed by atoms with Crippen molar-refractivity contribution in [2.45, 2.75) is 94.5 Å². The van der Waals surface area contributed by atoms with Crippen LogP contribution >= 0.6 is 11.6 Å². The molecule has 4 aromatic rings. The molecule has 0 bridgehead atoms. The lowest BCUT2D eigenvalue weighted by Crippen LogP contribution is -2.52. The van der Waals surface area contributed by atoms with Gasteiger partial charge in [-0.2, -0.15) is 4.98 Å². The lowest BCUT2D eigenvalue weighted by Gasteiger charge is -2.45. The average Bonchev–Trinajstić information content (AvgIpc) is 3.81. The van der Waals surface area contributed by atoms with Crippen molar-refractivity contribution in [1.29, 1.82) is 0 Å². The summed E-state index contributed by atoms with van der Waals surface area (Å²) in [4.78, 5) is 62.3. The fourth-order valence-electron chi connectivity index (χ4n) is 11.9. The largest absolute Gasteiger partial charge is 0.492 e. The third-order valence-corrected chi connectivity index (χ3v) is 15.6. The van der Waals surface area contributed by atoms with Crippen LogP contribution in [0.5, 0.6) is 5.75 Å². The van der Waals surface area contributed by atoms with E-state index in [0.717, 1.165) is 92.0 Å². The summed E-state index contributed by atoms with van der Waals surface area (Å²) in [5.74, 6) is 2.88. The van der Waals surface area contributed by atoms with Crippen LogP contribution in [0.2, 0.25) is 5.02 Å². The standard InChI is InChI=1S/C47H51ClN6O5/c1-46(2)33-8-6-30(22-38(33)54-36-5-3-4-35(48)40(36)43(57)50-45(46)54)29-12-16-51(17-13-29)23-27-20-28(21-27)24-52-18-14-47(15-19-52)26-59-41-32-25-53(37-10-11-39(55)49-42(37)56)44(58)31(32)7-9-34(41)47/h3-9,22,27-29,37H,10-21,23-26H2,1-2H3,(H,49,55,56)/t27?,28?,37-/m0/s1. The number of ether oxygens (including phenoxy) is 1. The number of rotatable bonds is 6. The van der Waals surface area contributed by atoms with Gasteiger partial charge in [0.25, 0.3) is 11.5 Å². The highest BCUT2D eigenvalue weighted by Crippen LogP contribution is 2.50. The molecule has 3 aromatic carbocycles. The second kappa shape index (κ2) is 13.7. The number of fused-ring (bicyclic) bond motifs is 9. The highest BCUT2D eigenvalue weighted by molar-refractivity contribution is 6.35. The first-order valence-corrected chi connectivity index (χ1v) is 22.1. The molecule has 11 rings (SSSR count). The maximum atomic E-state index is 13.4. The third-order valence-electron chi connectivity index (χ3n) is 15.3. The number of halogens is 1. The molecule has 3 saturated heterocycles. The second-order valence-electron chi connectivity index (χ2n) is 19.1. The number of imide groups is 1. The van der Waals surface area contributed by atoms with Gasteiger partial charge in [-0.25, -0.2) is 0 Å². The molecule has 59 heavy (non-hydrogen) atoms. The van der Waals surface area contributed by atoms with Gasteiger partial charge in [-0.1, -0.05) is 35.9 Å². The molecular weight excluding hydrogens is 764 g/mol. The molecule has 6 aliphatic heterocycles. The molecule has 4 fully saturated rings. The van der Waals surface area contributed by atoms with Crippen molar-refractivity contribution in [3.63, 3.8) is 0 Å². The predicted octanol–water partition coefficient (Wildman–Crippen LogP) is 6.07. The van der Waals surface area contributed by atoms with E-state index in [-0.39, 0.29) is 40.5 Å². The summed E-state index contributed by atoms with van der Waals surface area (Å²) in [6.45, 7) is 12.0. The van der Waals surface area contributed by atoms with Gasteiger partial charge in [-0.15, -0.1) is 0 Å². The lowest BCUT2D eigenvalue weighted by molar-refractivity contribution is -0.136. The zero-order valence-corrected chi connectivity index (χ0v) is 34.7. The normalized spacial score (nSPS) is 26.1. The lowest BCUT2D eigenvalue weighted by atomic mass is 9.72. The number of carbonyl (C=O) groups excluding carboxylic acids is 3. The van der Waals surface area contributed by atoms with E-state index in [0.29, 0.717) is 41.5 Å². The van der Waals surface area contributed by atoms with E-state index in [9.17, 15) is 19.2 Å². The Balaban J connectivity index is 0.670. The van der Waals surface area contributed by atoms with E-state index in [1.165, 1.54) is 42.6 Å². The van der Waals surface area contributed by atoms with E-state index in [2.05, 4.69) is 62.8 Å². The average molecular weight is 815 g/mol. The maximum absolute atomic E-state index is 13.4. The molecule has 1 saturated carbocycles. The van der Waals surface area contributed by atoms with Crippen molar-refractivity contribution in [3.05, 3.63) is 97.5 Å². The minimum absolute atomic E-state index is 0.0263. The Morgan fingerprint density at radius 3 is 2.36 bits per heavy atom. The molecule has 3 amide bonds. The first-order chi connectivity index (χ1) is 28.5. The van der Waals surface area contributed by atoms with Crippen LogP contribution in [0.15, 0.2) is 53.3 Å². The van der Waals surface area contributed by atoms with Crippen LogP contribution in [0, 0.1) is 11.8 Å². The molecular formula is C47H51ClN6O5. The molecule has 1 aromatic heterocycles. The molecule has 11 nitrogen and oxygen atoms in total. The van der Waals surface area contributed by atoms with Crippen LogP contribution in [-0.2, 0) is 27.0 Å². The van der Waals surface area contributed by atoms with Crippen LogP contribution in [0.3, 0.4) is 0 Å². The molecule has 0 unspecified atom stereocenters. The fraction of sp³-hybridized carbons (Fsp3) is 0.511. The van der Waals surface area contributed by atoms with Gasteiger partial charge in [0.1, 0.15) is 17.6 Å². The van der Waals surface area contributed by atoms with E-state index in [1.54, 1.807) is 11.0 Å². The minimum atomic E-state index is -0.619. The molecule has 1 atom stereocenters. The molecule has 1 aliphatic carbocycles. The van der Waals surface area contributed by atoms with Crippen molar-refractivity contribution in [3.8, 4) is 11.4 Å². The first-order valence-electron chi connectivity index (χ1n) is 21.7. The molecule has 1 N–H and O–H groups in total. The number of nitrogens with zero attached hydrogens (tertiary/aromatic N) is 5. The van der Waals surface area contributed by atoms with Crippen LogP contribution in [0.1, 0.15) is 110 Å². The molecule has 7 heterocycles. The summed E-state index contributed by atoms with van der Waals surface area (Å²) in [6.07, 6.45) is 7.63. The van der Waals surface area contributed by atoms with Gasteiger partial charge in [-0.3, -0.25) is 29.1 Å². The molecule has 1 spiro atoms. The van der Waals surface area contributed by atoms with E-state index < -0.39 is 6.04 Å². The van der Waals surface area contributed by atoms with Gasteiger partial charge in [0.2, 0.25) is 11.8 Å². The van der Waals surface area contributed by atoms with E-state index in [4.69, 9.17) is 16.3 Å². The summed E-state index contributed by atoms with van der Waals surface area (Å²) in [5, 5.41) is 3.33. The number of hydrogen-bond acceptors (Lipinski definition) is 8. The number of amides is 3. The van der Waals surface area contributed by atoms with E-state index in [1.807, 2.05) is 18.2 Å². The van der Waals surface area contributed by atoms with Crippen molar-refractivity contribution in [1.82, 2.24) is 29.6 Å². The Labute approximate surface area is 349 Å². The summed E-state index contributed by atoms with van der Waals surface area (Å²) < 4.78 is 8.59. The summed E-state index contributed by atoms with van der Waals surface area (Å²) in [7, 11) is 0. The Morgan fingerprint density at radius 2 is 1.61 bits per heavy atom. The van der Waals surface area contributed by atoms with Crippen molar-refractivity contribution in [2.75, 3.05) is 45.9 Å². The Morgan fingerprint density at radius 1 is 0.881 bits per heavy atom. The number of nitrogens with one attached hydrogen (secondary N) is 1. The van der Waals surface area contributed by atoms with Crippen LogP contribution in [0.25, 0.3) is 16.6 Å². The van der Waals surface area contributed by atoms with Gasteiger partial charge >= 0.3 is 0 Å². The Kier molecular flexibility index (Phi) is 8.70. The van der Waals surface area contributed by atoms with Gasteiger partial charge < -0.3 is 19.4 Å². The summed E-state index contributed by atoms with van der Waals surface area (Å²) in [5.41, 5.74) is 6.60. The first kappa shape index (κ1) is 37.4. The number of aromatic nitrogens is 2. The molecule has 7 aliphatic rings. The fourth-order valence-corrected chi connectivity index (χ4v) is 12.2. The smallest absolute Gasteiger partial charge is 0.282 e. The minimum Gasteiger partial charge on any atom is -0.492 e. The molecule has 12 heteroatoms. The number of benzene rings is 3. The maximum Gasteiger partial charge on any atom is 0.282 e. The van der Waals surface area contributed by atoms with E-state index >= 15 is 0 Å². The number of likely N-dealkylation sites (tertiary alicyclic amines) is 2. The summed E-state index contributed by atoms with van der Waals surface area (Å²) in [6, 6.07) is 16.0. The second-order valence-corrected chi connectivity index (χ2v) is 19.5. The number of carbonyl (C=O) groups is 3. The van der Waals surface area contributed by atoms with Gasteiger partial charge in [-0.05, 0) is 138 Å². The van der Waals surface area contributed by atoms with Gasteiger partial charge in [0, 0.05) is 41.6 Å². The van der Waals surface area contributed by atoms with Crippen molar-refractivity contribution in [2.24, 2.45) is 11.8 Å². The summed E-state index contributed by atoms with van der Waals surface area (Å²) >= 11 is 6.52.